The minimum atomic E-state index is -0.0266. The number of ether oxygens (including phenoxy) is 1. The maximum absolute atomic E-state index is 11.6. The van der Waals surface area contributed by atoms with E-state index >= 15 is 0 Å². The van der Waals surface area contributed by atoms with Crippen molar-refractivity contribution in [2.24, 2.45) is 11.8 Å². The summed E-state index contributed by atoms with van der Waals surface area (Å²) in [6.07, 6.45) is 7.30. The summed E-state index contributed by atoms with van der Waals surface area (Å²) in [7, 11) is 1.50. The lowest BCUT2D eigenvalue weighted by molar-refractivity contribution is -0.147. The number of esters is 1. The van der Waals surface area contributed by atoms with Gasteiger partial charge < -0.3 is 9.64 Å². The molecule has 2 unspecified atom stereocenters. The fraction of sp³-hybridized carbons (Fsp3) is 0.933. The molecule has 3 nitrogen and oxygen atoms in total. The van der Waals surface area contributed by atoms with Gasteiger partial charge in [-0.15, -0.1) is 0 Å². The number of rotatable bonds is 7. The largest absolute Gasteiger partial charge is 0.469 e. The van der Waals surface area contributed by atoms with E-state index in [1.165, 1.54) is 32.8 Å². The van der Waals surface area contributed by atoms with E-state index in [9.17, 15) is 4.79 Å². The van der Waals surface area contributed by atoms with Crippen LogP contribution in [0.25, 0.3) is 0 Å². The van der Waals surface area contributed by atoms with Gasteiger partial charge in [0.25, 0.3) is 0 Å². The Balaban J connectivity index is 2.38. The molecule has 106 valence electrons. The van der Waals surface area contributed by atoms with Crippen LogP contribution in [0.15, 0.2) is 0 Å². The van der Waals surface area contributed by atoms with Crippen LogP contribution in [-0.2, 0) is 9.53 Å². The maximum atomic E-state index is 11.6. The molecule has 3 heteroatoms. The number of carbonyl (C=O) groups excluding carboxylic acids is 1. The molecule has 0 bridgehead atoms. The SMILES string of the molecule is CCCCC(CC)CN1CCCC(C(=O)OC)C1. The summed E-state index contributed by atoms with van der Waals surface area (Å²) in [5.41, 5.74) is 0. The number of hydrogen-bond donors (Lipinski definition) is 0. The molecule has 0 N–H and O–H groups in total. The summed E-state index contributed by atoms with van der Waals surface area (Å²) >= 11 is 0. The van der Waals surface area contributed by atoms with E-state index in [0.29, 0.717) is 0 Å². The van der Waals surface area contributed by atoms with Crippen molar-refractivity contribution in [3.8, 4) is 0 Å². The van der Waals surface area contributed by atoms with Crippen molar-refractivity contribution in [1.29, 1.82) is 0 Å². The normalized spacial score (nSPS) is 22.7. The number of likely N-dealkylation sites (tertiary alicyclic amines) is 1. The summed E-state index contributed by atoms with van der Waals surface area (Å²) in [5.74, 6) is 0.870. The Morgan fingerprint density at radius 2 is 2.22 bits per heavy atom. The van der Waals surface area contributed by atoms with Crippen LogP contribution < -0.4 is 0 Å². The number of hydrogen-bond acceptors (Lipinski definition) is 3. The highest BCUT2D eigenvalue weighted by atomic mass is 16.5. The van der Waals surface area contributed by atoms with Crippen molar-refractivity contribution in [3.63, 3.8) is 0 Å². The average molecular weight is 255 g/mol. The Labute approximate surface area is 112 Å². The topological polar surface area (TPSA) is 29.5 Å². The van der Waals surface area contributed by atoms with Crippen LogP contribution >= 0.6 is 0 Å². The fourth-order valence-corrected chi connectivity index (χ4v) is 2.86. The molecular formula is C15H29NO2. The van der Waals surface area contributed by atoms with Crippen LogP contribution in [0.2, 0.25) is 0 Å². The highest BCUT2D eigenvalue weighted by Gasteiger charge is 2.27. The van der Waals surface area contributed by atoms with Gasteiger partial charge in [-0.25, -0.2) is 0 Å². The summed E-state index contributed by atoms with van der Waals surface area (Å²) in [6.45, 7) is 7.73. The van der Waals surface area contributed by atoms with Gasteiger partial charge in [-0.1, -0.05) is 33.1 Å². The number of methoxy groups -OCH3 is 1. The zero-order chi connectivity index (χ0) is 13.4. The molecule has 0 aromatic carbocycles. The van der Waals surface area contributed by atoms with Crippen LogP contribution in [0.3, 0.4) is 0 Å². The quantitative estimate of drug-likeness (QED) is 0.655. The molecule has 0 radical (unpaired) electrons. The Kier molecular flexibility index (Phi) is 7.33. The number of nitrogens with zero attached hydrogens (tertiary/aromatic N) is 1. The second-order valence-corrected chi connectivity index (χ2v) is 5.54. The zero-order valence-electron chi connectivity index (χ0n) is 12.3. The van der Waals surface area contributed by atoms with E-state index in [1.807, 2.05) is 0 Å². The summed E-state index contributed by atoms with van der Waals surface area (Å²) in [6, 6.07) is 0. The minimum Gasteiger partial charge on any atom is -0.469 e. The predicted octanol–water partition coefficient (Wildman–Crippen LogP) is 3.09. The molecule has 0 spiro atoms. The molecular weight excluding hydrogens is 226 g/mol. The fourth-order valence-electron chi connectivity index (χ4n) is 2.86. The number of carbonyl (C=O) groups is 1. The van der Waals surface area contributed by atoms with Gasteiger partial charge >= 0.3 is 5.97 Å². The lowest BCUT2D eigenvalue weighted by Gasteiger charge is -2.33. The molecule has 18 heavy (non-hydrogen) atoms. The van der Waals surface area contributed by atoms with Gasteiger partial charge in [-0.2, -0.15) is 0 Å². The first-order chi connectivity index (χ1) is 8.71. The van der Waals surface area contributed by atoms with Gasteiger partial charge in [-0.05, 0) is 31.7 Å². The number of piperidine rings is 1. The third kappa shape index (κ3) is 4.97. The first kappa shape index (κ1) is 15.5. The Bertz CT molecular complexity index is 243. The summed E-state index contributed by atoms with van der Waals surface area (Å²) in [5, 5.41) is 0. The molecule has 0 aliphatic carbocycles. The van der Waals surface area contributed by atoms with Gasteiger partial charge in [0, 0.05) is 13.1 Å². The van der Waals surface area contributed by atoms with E-state index < -0.39 is 0 Å². The van der Waals surface area contributed by atoms with Crippen LogP contribution in [0.1, 0.15) is 52.4 Å². The van der Waals surface area contributed by atoms with Gasteiger partial charge in [0.1, 0.15) is 0 Å². The van der Waals surface area contributed by atoms with E-state index in [-0.39, 0.29) is 11.9 Å². The highest BCUT2D eigenvalue weighted by molar-refractivity contribution is 5.72. The van der Waals surface area contributed by atoms with Crippen molar-refractivity contribution in [2.75, 3.05) is 26.7 Å². The zero-order valence-corrected chi connectivity index (χ0v) is 12.3. The summed E-state index contributed by atoms with van der Waals surface area (Å²) in [4.78, 5) is 14.1. The van der Waals surface area contributed by atoms with E-state index in [0.717, 1.165) is 38.4 Å². The number of unbranched alkanes of at least 4 members (excludes halogenated alkanes) is 1. The van der Waals surface area contributed by atoms with E-state index in [2.05, 4.69) is 18.7 Å². The molecule has 1 aliphatic heterocycles. The first-order valence-corrected chi connectivity index (χ1v) is 7.51. The van der Waals surface area contributed by atoms with E-state index in [4.69, 9.17) is 4.74 Å². The van der Waals surface area contributed by atoms with Crippen LogP contribution in [0, 0.1) is 11.8 Å². The molecule has 2 atom stereocenters. The monoisotopic (exact) mass is 255 g/mol. The molecule has 1 rings (SSSR count). The van der Waals surface area contributed by atoms with Crippen molar-refractivity contribution in [3.05, 3.63) is 0 Å². The van der Waals surface area contributed by atoms with Crippen molar-refractivity contribution >= 4 is 5.97 Å². The minimum absolute atomic E-state index is 0.0266. The Hall–Kier alpha value is -0.570. The molecule has 1 fully saturated rings. The Morgan fingerprint density at radius 1 is 1.44 bits per heavy atom. The van der Waals surface area contributed by atoms with Crippen molar-refractivity contribution in [2.45, 2.75) is 52.4 Å². The molecule has 1 saturated heterocycles. The lowest BCUT2D eigenvalue weighted by atomic mass is 9.94. The molecule has 0 aromatic rings. The van der Waals surface area contributed by atoms with Crippen molar-refractivity contribution in [1.82, 2.24) is 4.90 Å². The third-order valence-corrected chi connectivity index (χ3v) is 4.10. The van der Waals surface area contributed by atoms with Gasteiger partial charge in [-0.3, -0.25) is 4.79 Å². The van der Waals surface area contributed by atoms with Gasteiger partial charge in [0.15, 0.2) is 0 Å². The second kappa shape index (κ2) is 8.52. The maximum Gasteiger partial charge on any atom is 0.309 e. The highest BCUT2D eigenvalue weighted by Crippen LogP contribution is 2.21. The van der Waals surface area contributed by atoms with Crippen LogP contribution in [0.4, 0.5) is 0 Å². The molecule has 1 heterocycles. The van der Waals surface area contributed by atoms with Gasteiger partial charge in [0.05, 0.1) is 13.0 Å². The molecule has 0 amide bonds. The van der Waals surface area contributed by atoms with Crippen LogP contribution in [-0.4, -0.2) is 37.6 Å². The van der Waals surface area contributed by atoms with Crippen molar-refractivity contribution < 1.29 is 9.53 Å². The van der Waals surface area contributed by atoms with Gasteiger partial charge in [0.2, 0.25) is 0 Å². The second-order valence-electron chi connectivity index (χ2n) is 5.54. The lowest BCUT2D eigenvalue weighted by Crippen LogP contribution is -2.41. The van der Waals surface area contributed by atoms with Crippen LogP contribution in [0.5, 0.6) is 0 Å². The smallest absolute Gasteiger partial charge is 0.309 e. The summed E-state index contributed by atoms with van der Waals surface area (Å²) < 4.78 is 4.87. The molecule has 0 saturated carbocycles. The predicted molar refractivity (Wildman–Crippen MR) is 74.5 cm³/mol. The first-order valence-electron chi connectivity index (χ1n) is 7.51. The Morgan fingerprint density at radius 3 is 2.83 bits per heavy atom. The van der Waals surface area contributed by atoms with E-state index in [1.54, 1.807) is 0 Å². The molecule has 0 aromatic heterocycles. The standard InChI is InChI=1S/C15H29NO2/c1-4-6-8-13(5-2)11-16-10-7-9-14(12-16)15(17)18-3/h13-14H,4-12H2,1-3H3. The average Bonchev–Trinajstić information content (AvgIpc) is 2.42. The molecule has 1 aliphatic rings. The third-order valence-electron chi connectivity index (χ3n) is 4.10.